The van der Waals surface area contributed by atoms with Crippen LogP contribution in [0.15, 0.2) is 0 Å². The molecule has 0 aromatic carbocycles. The second-order valence-corrected chi connectivity index (χ2v) is 18.8. The van der Waals surface area contributed by atoms with Gasteiger partial charge in [-0.25, -0.2) is 0 Å². The molecule has 3 heterocycles. The van der Waals surface area contributed by atoms with E-state index in [2.05, 4.69) is 13.1 Å². The highest BCUT2D eigenvalue weighted by Crippen LogP contribution is 2.42. The highest BCUT2D eigenvalue weighted by atomic mass is 28.4. The molecule has 0 spiro atoms. The summed E-state index contributed by atoms with van der Waals surface area (Å²) in [6.07, 6.45) is 13.9. The summed E-state index contributed by atoms with van der Waals surface area (Å²) in [5, 5.41) is 0. The number of hydrogen-bond acceptors (Lipinski definition) is 4. The zero-order valence-corrected chi connectivity index (χ0v) is 20.3. The first-order valence-electron chi connectivity index (χ1n) is 12.1. The molecule has 0 N–H and O–H groups in total. The normalized spacial score (nSPS) is 43.1. The van der Waals surface area contributed by atoms with E-state index in [1.807, 2.05) is 0 Å². The van der Waals surface area contributed by atoms with Gasteiger partial charge in [-0.2, -0.15) is 0 Å². The first-order chi connectivity index (χ1) is 13.5. The summed E-state index contributed by atoms with van der Waals surface area (Å²) in [5.41, 5.74) is 0. The summed E-state index contributed by atoms with van der Waals surface area (Å²) in [5.74, 6) is 0.883. The van der Waals surface area contributed by atoms with E-state index in [1.165, 1.54) is 82.0 Å². The fourth-order valence-corrected chi connectivity index (χ4v) is 11.0. The molecule has 4 nitrogen and oxygen atoms in total. The predicted octanol–water partition coefficient (Wildman–Crippen LogP) is 5.49. The zero-order chi connectivity index (χ0) is 19.5. The van der Waals surface area contributed by atoms with Gasteiger partial charge in [0, 0.05) is 13.2 Å². The largest absolute Gasteiger partial charge is 0.417 e. The SMILES string of the molecule is C[Si]1(CCCCCCC2CO2)CCO[Si](C)(CCC2CCC3OC3C2)CCO1. The summed E-state index contributed by atoms with van der Waals surface area (Å²) >= 11 is 0. The summed E-state index contributed by atoms with van der Waals surface area (Å²) in [7, 11) is -3.14. The summed E-state index contributed by atoms with van der Waals surface area (Å²) in [6, 6.07) is 5.04. The van der Waals surface area contributed by atoms with Crippen LogP contribution in [0.4, 0.5) is 0 Å². The third-order valence-corrected chi connectivity index (χ3v) is 14.8. The van der Waals surface area contributed by atoms with E-state index in [1.54, 1.807) is 0 Å². The molecule has 6 heteroatoms. The molecule has 4 fully saturated rings. The van der Waals surface area contributed by atoms with Crippen molar-refractivity contribution in [1.29, 1.82) is 0 Å². The molecule has 0 aromatic heterocycles. The summed E-state index contributed by atoms with van der Waals surface area (Å²) < 4.78 is 24.2. The van der Waals surface area contributed by atoms with Crippen molar-refractivity contribution < 1.29 is 18.3 Å². The number of unbranched alkanes of at least 4 members (excludes halogenated alkanes) is 3. The van der Waals surface area contributed by atoms with Gasteiger partial charge in [0.15, 0.2) is 16.6 Å². The van der Waals surface area contributed by atoms with Crippen molar-refractivity contribution in [3.8, 4) is 0 Å². The van der Waals surface area contributed by atoms with E-state index in [-0.39, 0.29) is 0 Å². The quantitative estimate of drug-likeness (QED) is 0.263. The highest BCUT2D eigenvalue weighted by molar-refractivity contribution is 6.74. The van der Waals surface area contributed by atoms with Crippen LogP contribution in [0.1, 0.15) is 57.8 Å². The van der Waals surface area contributed by atoms with Crippen LogP contribution in [0.2, 0.25) is 37.3 Å². The third kappa shape index (κ3) is 6.64. The molecule has 4 aliphatic rings. The maximum atomic E-state index is 6.62. The van der Waals surface area contributed by atoms with E-state index < -0.39 is 16.6 Å². The number of epoxide rings is 2. The standard InChI is InChI=1S/C22H42O4Si2/c1-27(13-6-4-3-5-7-20-18-23-20)15-11-25-28(2,16-12-24-27)14-10-19-8-9-21-22(17-19)26-21/h19-22H,3-18H2,1-2H3. The van der Waals surface area contributed by atoms with Crippen LogP contribution in [0, 0.1) is 5.92 Å². The average molecular weight is 427 g/mol. The molecule has 6 unspecified atom stereocenters. The van der Waals surface area contributed by atoms with Crippen molar-refractivity contribution in [2.75, 3.05) is 19.8 Å². The Morgan fingerprint density at radius 1 is 0.786 bits per heavy atom. The van der Waals surface area contributed by atoms with Gasteiger partial charge in [-0.3, -0.25) is 0 Å². The van der Waals surface area contributed by atoms with Crippen LogP contribution >= 0.6 is 0 Å². The second kappa shape index (κ2) is 9.60. The maximum Gasteiger partial charge on any atom is 0.191 e. The van der Waals surface area contributed by atoms with Gasteiger partial charge in [-0.1, -0.05) is 32.1 Å². The van der Waals surface area contributed by atoms with Crippen molar-refractivity contribution in [3.63, 3.8) is 0 Å². The Morgan fingerprint density at radius 3 is 2.21 bits per heavy atom. The van der Waals surface area contributed by atoms with Crippen LogP contribution < -0.4 is 0 Å². The molecule has 0 radical (unpaired) electrons. The maximum absolute atomic E-state index is 6.62. The first kappa shape index (κ1) is 21.5. The van der Waals surface area contributed by atoms with Crippen molar-refractivity contribution in [1.82, 2.24) is 0 Å². The van der Waals surface area contributed by atoms with Crippen molar-refractivity contribution in [2.24, 2.45) is 5.92 Å². The van der Waals surface area contributed by atoms with Crippen LogP contribution in [0.3, 0.4) is 0 Å². The van der Waals surface area contributed by atoms with Crippen LogP contribution in [0.5, 0.6) is 0 Å². The van der Waals surface area contributed by atoms with Gasteiger partial charge in [0.1, 0.15) is 0 Å². The fraction of sp³-hybridized carbons (Fsp3) is 1.00. The van der Waals surface area contributed by atoms with Gasteiger partial charge in [0.2, 0.25) is 0 Å². The van der Waals surface area contributed by atoms with E-state index in [4.69, 9.17) is 18.3 Å². The van der Waals surface area contributed by atoms with Crippen molar-refractivity contribution in [3.05, 3.63) is 0 Å². The molecular formula is C22H42O4Si2. The molecule has 0 aromatic rings. The van der Waals surface area contributed by atoms with Gasteiger partial charge < -0.3 is 18.3 Å². The number of ether oxygens (including phenoxy) is 2. The van der Waals surface area contributed by atoms with E-state index in [0.29, 0.717) is 18.3 Å². The minimum atomic E-state index is -1.58. The topological polar surface area (TPSA) is 43.5 Å². The third-order valence-electron chi connectivity index (χ3n) is 7.74. The molecule has 0 amide bonds. The smallest absolute Gasteiger partial charge is 0.191 e. The molecule has 28 heavy (non-hydrogen) atoms. The van der Waals surface area contributed by atoms with Crippen molar-refractivity contribution >= 4 is 16.6 Å². The van der Waals surface area contributed by atoms with Gasteiger partial charge in [-0.15, -0.1) is 0 Å². The molecule has 6 atom stereocenters. The van der Waals surface area contributed by atoms with Gasteiger partial charge in [0.05, 0.1) is 24.9 Å². The Balaban J connectivity index is 1.11. The molecule has 3 aliphatic heterocycles. The summed E-state index contributed by atoms with van der Waals surface area (Å²) in [6.45, 7) is 7.85. The lowest BCUT2D eigenvalue weighted by molar-refractivity contribution is 0.252. The highest BCUT2D eigenvalue weighted by Gasteiger charge is 2.44. The molecule has 0 bridgehead atoms. The number of hydrogen-bond donors (Lipinski definition) is 0. The molecular weight excluding hydrogens is 384 g/mol. The van der Waals surface area contributed by atoms with Gasteiger partial charge >= 0.3 is 0 Å². The van der Waals surface area contributed by atoms with Crippen LogP contribution in [0.25, 0.3) is 0 Å². The lowest BCUT2D eigenvalue weighted by atomic mass is 9.88. The first-order valence-corrected chi connectivity index (χ1v) is 17.7. The van der Waals surface area contributed by atoms with E-state index in [0.717, 1.165) is 25.7 Å². The lowest BCUT2D eigenvalue weighted by Gasteiger charge is -2.37. The zero-order valence-electron chi connectivity index (χ0n) is 18.3. The molecule has 4 rings (SSSR count). The second-order valence-electron chi connectivity index (χ2n) is 10.4. The number of fused-ring (bicyclic) bond motifs is 1. The predicted molar refractivity (Wildman–Crippen MR) is 118 cm³/mol. The average Bonchev–Trinajstić information content (AvgIpc) is 3.56. The number of rotatable bonds is 10. The monoisotopic (exact) mass is 426 g/mol. The molecule has 1 aliphatic carbocycles. The summed E-state index contributed by atoms with van der Waals surface area (Å²) in [4.78, 5) is 0. The van der Waals surface area contributed by atoms with E-state index in [9.17, 15) is 0 Å². The Kier molecular flexibility index (Phi) is 7.38. The Morgan fingerprint density at radius 2 is 1.50 bits per heavy atom. The van der Waals surface area contributed by atoms with Gasteiger partial charge in [0.25, 0.3) is 0 Å². The molecule has 3 saturated heterocycles. The van der Waals surface area contributed by atoms with Gasteiger partial charge in [-0.05, 0) is 68.9 Å². The minimum Gasteiger partial charge on any atom is -0.417 e. The Labute approximate surface area is 174 Å². The lowest BCUT2D eigenvalue weighted by Crippen LogP contribution is -2.45. The molecule has 1 saturated carbocycles. The molecule has 162 valence electrons. The van der Waals surface area contributed by atoms with Crippen molar-refractivity contribution in [2.45, 2.75) is 113 Å². The fourth-order valence-electron chi connectivity index (χ4n) is 5.28. The van der Waals surface area contributed by atoms with Crippen LogP contribution in [-0.4, -0.2) is 54.8 Å². The minimum absolute atomic E-state index is 0.605. The van der Waals surface area contributed by atoms with Crippen LogP contribution in [-0.2, 0) is 18.3 Å². The Hall–Kier alpha value is 0.274. The Bertz CT molecular complexity index is 489. The van der Waals surface area contributed by atoms with E-state index >= 15 is 0 Å².